The molecule has 1 atom stereocenters. The molecule has 2 aliphatic rings. The fourth-order valence-electron chi connectivity index (χ4n) is 3.33. The summed E-state index contributed by atoms with van der Waals surface area (Å²) in [7, 11) is -1.66. The van der Waals surface area contributed by atoms with Gasteiger partial charge in [0.2, 0.25) is 10.0 Å². The van der Waals surface area contributed by atoms with E-state index in [1.165, 1.54) is 0 Å². The number of ether oxygens (including phenoxy) is 1. The van der Waals surface area contributed by atoms with Gasteiger partial charge in [-0.15, -0.1) is 0 Å². The average Bonchev–Trinajstić information content (AvgIpc) is 3.00. The summed E-state index contributed by atoms with van der Waals surface area (Å²) in [5, 5.41) is 8.89. The van der Waals surface area contributed by atoms with Crippen molar-refractivity contribution in [3.63, 3.8) is 0 Å². The van der Waals surface area contributed by atoms with Gasteiger partial charge in [0.05, 0.1) is 12.9 Å². The van der Waals surface area contributed by atoms with Gasteiger partial charge in [0.25, 0.3) is 0 Å². The summed E-state index contributed by atoms with van der Waals surface area (Å²) >= 11 is 0. The van der Waals surface area contributed by atoms with Crippen LogP contribution in [-0.2, 0) is 23.0 Å². The summed E-state index contributed by atoms with van der Waals surface area (Å²) in [5.74, 6) is 0.996. The van der Waals surface area contributed by atoms with Gasteiger partial charge in [-0.25, -0.2) is 8.42 Å². The number of hydrogen-bond acceptors (Lipinski definition) is 5. The molecule has 7 heteroatoms. The lowest BCUT2D eigenvalue weighted by Crippen LogP contribution is -2.39. The summed E-state index contributed by atoms with van der Waals surface area (Å²) in [4.78, 5) is 1.64. The van der Waals surface area contributed by atoms with E-state index in [0.29, 0.717) is 32.6 Å². The third kappa shape index (κ3) is 3.43. The van der Waals surface area contributed by atoms with Crippen LogP contribution in [0.2, 0.25) is 0 Å². The molecule has 0 N–H and O–H groups in total. The Hall–Kier alpha value is -1.78. The minimum absolute atomic E-state index is 0.0527. The molecule has 0 amide bonds. The van der Waals surface area contributed by atoms with Crippen LogP contribution in [-0.4, -0.2) is 50.1 Å². The molecule has 2 aliphatic heterocycles. The van der Waals surface area contributed by atoms with Gasteiger partial charge in [-0.05, 0) is 42.0 Å². The van der Waals surface area contributed by atoms with E-state index in [9.17, 15) is 8.42 Å². The normalized spacial score (nSPS) is 21.7. The molecule has 23 heavy (non-hydrogen) atoms. The SMILES string of the molecule is COc1ccc2c(c1)CCN(S(=O)(=O)C[C@@H]1CCN(C#N)C1)C2. The highest BCUT2D eigenvalue weighted by Crippen LogP contribution is 2.27. The molecule has 6 nitrogen and oxygen atoms in total. The lowest BCUT2D eigenvalue weighted by Gasteiger charge is -2.29. The number of nitrogens with zero attached hydrogens (tertiary/aromatic N) is 3. The summed E-state index contributed by atoms with van der Waals surface area (Å²) < 4.78 is 32.1. The zero-order valence-electron chi connectivity index (χ0n) is 13.2. The molecule has 124 valence electrons. The molecule has 1 aromatic rings. The van der Waals surface area contributed by atoms with E-state index in [2.05, 4.69) is 6.19 Å². The Labute approximate surface area is 137 Å². The Morgan fingerprint density at radius 3 is 2.87 bits per heavy atom. The van der Waals surface area contributed by atoms with Gasteiger partial charge in [-0.1, -0.05) is 6.07 Å². The number of rotatable bonds is 4. The van der Waals surface area contributed by atoms with Crippen molar-refractivity contribution >= 4 is 10.0 Å². The van der Waals surface area contributed by atoms with Crippen LogP contribution in [0.4, 0.5) is 0 Å². The summed E-state index contributed by atoms with van der Waals surface area (Å²) in [5.41, 5.74) is 2.21. The fraction of sp³-hybridized carbons (Fsp3) is 0.562. The molecule has 0 saturated carbocycles. The van der Waals surface area contributed by atoms with Crippen molar-refractivity contribution in [2.75, 3.05) is 32.5 Å². The second-order valence-electron chi connectivity index (χ2n) is 6.20. The lowest BCUT2D eigenvalue weighted by molar-refractivity contribution is 0.381. The van der Waals surface area contributed by atoms with E-state index >= 15 is 0 Å². The predicted octanol–water partition coefficient (Wildman–Crippen LogP) is 1.19. The molecule has 0 spiro atoms. The predicted molar refractivity (Wildman–Crippen MR) is 86.2 cm³/mol. The average molecular weight is 335 g/mol. The first-order valence-electron chi connectivity index (χ1n) is 7.80. The van der Waals surface area contributed by atoms with Gasteiger partial charge in [0.15, 0.2) is 6.19 Å². The molecule has 1 fully saturated rings. The molecule has 1 saturated heterocycles. The molecular formula is C16H21N3O3S. The maximum Gasteiger partial charge on any atom is 0.214 e. The first kappa shape index (κ1) is 16.1. The highest BCUT2D eigenvalue weighted by atomic mass is 32.2. The number of nitriles is 1. The zero-order chi connectivity index (χ0) is 16.4. The third-order valence-corrected chi connectivity index (χ3v) is 6.65. The topological polar surface area (TPSA) is 73.6 Å². The van der Waals surface area contributed by atoms with E-state index in [1.54, 1.807) is 16.3 Å². The van der Waals surface area contributed by atoms with Gasteiger partial charge >= 0.3 is 0 Å². The highest BCUT2D eigenvalue weighted by Gasteiger charge is 2.32. The number of benzene rings is 1. The largest absolute Gasteiger partial charge is 0.497 e. The second-order valence-corrected chi connectivity index (χ2v) is 8.21. The van der Waals surface area contributed by atoms with Crippen molar-refractivity contribution in [3.8, 4) is 11.9 Å². The van der Waals surface area contributed by atoms with Gasteiger partial charge in [-0.3, -0.25) is 0 Å². The van der Waals surface area contributed by atoms with E-state index in [1.807, 2.05) is 18.2 Å². The maximum atomic E-state index is 12.7. The van der Waals surface area contributed by atoms with E-state index < -0.39 is 10.0 Å². The Morgan fingerprint density at radius 2 is 2.17 bits per heavy atom. The minimum Gasteiger partial charge on any atom is -0.497 e. The maximum absolute atomic E-state index is 12.7. The molecule has 1 aromatic carbocycles. The number of methoxy groups -OCH3 is 1. The van der Waals surface area contributed by atoms with Crippen molar-refractivity contribution in [2.24, 2.45) is 5.92 Å². The van der Waals surface area contributed by atoms with Crippen molar-refractivity contribution in [2.45, 2.75) is 19.4 Å². The van der Waals surface area contributed by atoms with E-state index in [-0.39, 0.29) is 11.7 Å². The second kappa shape index (κ2) is 6.38. The first-order valence-corrected chi connectivity index (χ1v) is 9.41. The van der Waals surface area contributed by atoms with E-state index in [4.69, 9.17) is 10.00 Å². The summed E-state index contributed by atoms with van der Waals surface area (Å²) in [6.45, 7) is 2.16. The molecule has 0 aliphatic carbocycles. The smallest absolute Gasteiger partial charge is 0.214 e. The minimum atomic E-state index is -3.29. The number of likely N-dealkylation sites (tertiary alicyclic amines) is 1. The highest BCUT2D eigenvalue weighted by molar-refractivity contribution is 7.89. The van der Waals surface area contributed by atoms with Crippen molar-refractivity contribution in [1.82, 2.24) is 9.21 Å². The summed E-state index contributed by atoms with van der Waals surface area (Å²) in [6, 6.07) is 5.81. The van der Waals surface area contributed by atoms with Crippen LogP contribution < -0.4 is 4.74 Å². The van der Waals surface area contributed by atoms with Crippen molar-refractivity contribution in [3.05, 3.63) is 29.3 Å². The van der Waals surface area contributed by atoms with E-state index in [0.717, 1.165) is 23.3 Å². The van der Waals surface area contributed by atoms with Crippen molar-refractivity contribution < 1.29 is 13.2 Å². The zero-order valence-corrected chi connectivity index (χ0v) is 14.1. The van der Waals surface area contributed by atoms with Crippen LogP contribution in [0.25, 0.3) is 0 Å². The van der Waals surface area contributed by atoms with Crippen molar-refractivity contribution in [1.29, 1.82) is 5.26 Å². The van der Waals surface area contributed by atoms with Crippen LogP contribution in [0.3, 0.4) is 0 Å². The number of fused-ring (bicyclic) bond motifs is 1. The molecule has 0 radical (unpaired) electrons. The van der Waals surface area contributed by atoms with Crippen LogP contribution >= 0.6 is 0 Å². The Morgan fingerprint density at radius 1 is 1.35 bits per heavy atom. The Balaban J connectivity index is 1.68. The van der Waals surface area contributed by atoms with Crippen LogP contribution in [0, 0.1) is 17.4 Å². The number of sulfonamides is 1. The molecule has 0 bridgehead atoms. The number of hydrogen-bond donors (Lipinski definition) is 0. The summed E-state index contributed by atoms with van der Waals surface area (Å²) in [6.07, 6.45) is 3.58. The molecule has 0 unspecified atom stereocenters. The van der Waals surface area contributed by atoms with Gasteiger partial charge in [0, 0.05) is 26.2 Å². The third-order valence-electron chi connectivity index (χ3n) is 4.66. The molecule has 0 aromatic heterocycles. The fourth-order valence-corrected chi connectivity index (χ4v) is 5.11. The monoisotopic (exact) mass is 335 g/mol. The van der Waals surface area contributed by atoms with Crippen LogP contribution in [0.5, 0.6) is 5.75 Å². The standard InChI is InChI=1S/C16H21N3O3S/c1-22-16-3-2-15-10-19(7-5-14(15)8-16)23(20,21)11-13-4-6-18(9-13)12-17/h2-3,8,13H,4-7,9-11H2,1H3/t13-/m1/s1. The first-order chi connectivity index (χ1) is 11.0. The lowest BCUT2D eigenvalue weighted by atomic mass is 10.0. The van der Waals surface area contributed by atoms with Gasteiger partial charge in [-0.2, -0.15) is 9.57 Å². The molecule has 3 rings (SSSR count). The Kier molecular flexibility index (Phi) is 4.46. The molecule has 2 heterocycles. The van der Waals surface area contributed by atoms with Crippen LogP contribution in [0.15, 0.2) is 18.2 Å². The quantitative estimate of drug-likeness (QED) is 0.773. The Bertz CT molecular complexity index is 727. The molecular weight excluding hydrogens is 314 g/mol. The van der Waals surface area contributed by atoms with Gasteiger partial charge in [0.1, 0.15) is 5.75 Å². The van der Waals surface area contributed by atoms with Crippen LogP contribution in [0.1, 0.15) is 17.5 Å². The van der Waals surface area contributed by atoms with Gasteiger partial charge < -0.3 is 9.64 Å².